The molecule has 4 heteroatoms. The zero-order valence-electron chi connectivity index (χ0n) is 8.25. The van der Waals surface area contributed by atoms with Crippen LogP contribution in [0.3, 0.4) is 0 Å². The number of aromatic nitrogens is 1. The monoisotopic (exact) mass is 256 g/mol. The zero-order valence-corrected chi connectivity index (χ0v) is 9.84. The predicted molar refractivity (Wildman–Crippen MR) is 60.0 cm³/mol. The molecule has 1 rings (SSSR count). The Morgan fingerprint density at radius 3 is 2.93 bits per heavy atom. The van der Waals surface area contributed by atoms with Gasteiger partial charge in [-0.25, -0.2) is 0 Å². The fraction of sp³-hybridized carbons (Fsp3) is 0.400. The van der Waals surface area contributed by atoms with E-state index in [1.54, 1.807) is 18.5 Å². The number of halogens is 1. The first-order valence-electron chi connectivity index (χ1n) is 4.49. The molecule has 1 aromatic rings. The molecule has 0 aromatic carbocycles. The van der Waals surface area contributed by atoms with Crippen LogP contribution in [0, 0.1) is 5.92 Å². The molecule has 1 heterocycles. The standard InChI is InChI=1S/C10H13BrN2O/c1-7(2)5-10(14)13-9-3-4-12-6-8(9)11/h3-4,6-7H,5H2,1-2H3,(H,12,13,14). The highest BCUT2D eigenvalue weighted by Gasteiger charge is 2.06. The molecule has 0 fully saturated rings. The molecule has 0 atom stereocenters. The van der Waals surface area contributed by atoms with Gasteiger partial charge in [0, 0.05) is 18.8 Å². The molecular weight excluding hydrogens is 244 g/mol. The smallest absolute Gasteiger partial charge is 0.224 e. The largest absolute Gasteiger partial charge is 0.325 e. The molecule has 0 aliphatic carbocycles. The maximum Gasteiger partial charge on any atom is 0.224 e. The first-order valence-corrected chi connectivity index (χ1v) is 5.28. The molecular formula is C10H13BrN2O. The molecule has 0 aliphatic heterocycles. The summed E-state index contributed by atoms with van der Waals surface area (Å²) in [5.74, 6) is 0.405. The minimum atomic E-state index is 0.0342. The number of anilines is 1. The second-order valence-electron chi connectivity index (χ2n) is 3.50. The normalized spacial score (nSPS) is 10.3. The fourth-order valence-corrected chi connectivity index (χ4v) is 1.40. The molecule has 0 spiro atoms. The molecule has 0 radical (unpaired) electrons. The summed E-state index contributed by atoms with van der Waals surface area (Å²) < 4.78 is 0.803. The van der Waals surface area contributed by atoms with Crippen LogP contribution in [0.4, 0.5) is 5.69 Å². The minimum absolute atomic E-state index is 0.0342. The topological polar surface area (TPSA) is 42.0 Å². The lowest BCUT2D eigenvalue weighted by molar-refractivity contribution is -0.116. The molecule has 76 valence electrons. The number of hydrogen-bond acceptors (Lipinski definition) is 2. The lowest BCUT2D eigenvalue weighted by atomic mass is 10.1. The summed E-state index contributed by atoms with van der Waals surface area (Å²) in [7, 11) is 0. The van der Waals surface area contributed by atoms with E-state index in [2.05, 4.69) is 26.2 Å². The molecule has 14 heavy (non-hydrogen) atoms. The van der Waals surface area contributed by atoms with Gasteiger partial charge >= 0.3 is 0 Å². The van der Waals surface area contributed by atoms with Crippen molar-refractivity contribution < 1.29 is 4.79 Å². The van der Waals surface area contributed by atoms with Crippen LogP contribution in [0.15, 0.2) is 22.9 Å². The summed E-state index contributed by atoms with van der Waals surface area (Å²) in [5.41, 5.74) is 0.769. The van der Waals surface area contributed by atoms with Crippen LogP contribution < -0.4 is 5.32 Å². The summed E-state index contributed by atoms with van der Waals surface area (Å²) >= 11 is 3.31. The third kappa shape index (κ3) is 3.46. The van der Waals surface area contributed by atoms with Crippen LogP contribution in [-0.2, 0) is 4.79 Å². The van der Waals surface area contributed by atoms with Gasteiger partial charge in [0.05, 0.1) is 10.2 Å². The van der Waals surface area contributed by atoms with E-state index in [-0.39, 0.29) is 5.91 Å². The quantitative estimate of drug-likeness (QED) is 0.904. The second kappa shape index (κ2) is 5.10. The SMILES string of the molecule is CC(C)CC(=O)Nc1ccncc1Br. The van der Waals surface area contributed by atoms with Crippen molar-refractivity contribution >= 4 is 27.5 Å². The number of carbonyl (C=O) groups excluding carboxylic acids is 1. The van der Waals surface area contributed by atoms with Gasteiger partial charge in [-0.1, -0.05) is 13.8 Å². The minimum Gasteiger partial charge on any atom is -0.325 e. The maximum atomic E-state index is 11.4. The van der Waals surface area contributed by atoms with Crippen molar-refractivity contribution in [1.29, 1.82) is 0 Å². The highest BCUT2D eigenvalue weighted by atomic mass is 79.9. The second-order valence-corrected chi connectivity index (χ2v) is 4.36. The number of hydrogen-bond donors (Lipinski definition) is 1. The average Bonchev–Trinajstić information content (AvgIpc) is 2.07. The van der Waals surface area contributed by atoms with Crippen molar-refractivity contribution in [2.24, 2.45) is 5.92 Å². The first-order chi connectivity index (χ1) is 6.59. The molecule has 1 aromatic heterocycles. The Labute approximate surface area is 92.1 Å². The third-order valence-corrected chi connectivity index (χ3v) is 2.27. The van der Waals surface area contributed by atoms with E-state index >= 15 is 0 Å². The van der Waals surface area contributed by atoms with E-state index in [1.807, 2.05) is 13.8 Å². The van der Waals surface area contributed by atoms with E-state index in [0.29, 0.717) is 12.3 Å². The molecule has 0 bridgehead atoms. The number of rotatable bonds is 3. The Bertz CT molecular complexity index is 326. The highest BCUT2D eigenvalue weighted by Crippen LogP contribution is 2.20. The van der Waals surface area contributed by atoms with Gasteiger partial charge in [-0.3, -0.25) is 9.78 Å². The van der Waals surface area contributed by atoms with Crippen LogP contribution in [-0.4, -0.2) is 10.9 Å². The number of nitrogens with zero attached hydrogens (tertiary/aromatic N) is 1. The predicted octanol–water partition coefficient (Wildman–Crippen LogP) is 2.83. The van der Waals surface area contributed by atoms with Crippen LogP contribution in [0.1, 0.15) is 20.3 Å². The molecule has 0 aliphatic rings. The van der Waals surface area contributed by atoms with Crippen molar-refractivity contribution in [3.8, 4) is 0 Å². The summed E-state index contributed by atoms with van der Waals surface area (Å²) in [6.07, 6.45) is 3.84. The molecule has 1 amide bonds. The summed E-state index contributed by atoms with van der Waals surface area (Å²) in [6, 6.07) is 1.77. The van der Waals surface area contributed by atoms with E-state index in [1.165, 1.54) is 0 Å². The lowest BCUT2D eigenvalue weighted by Crippen LogP contribution is -2.14. The number of amides is 1. The maximum absolute atomic E-state index is 11.4. The Balaban J connectivity index is 2.61. The molecule has 1 N–H and O–H groups in total. The van der Waals surface area contributed by atoms with Gasteiger partial charge in [0.15, 0.2) is 0 Å². The summed E-state index contributed by atoms with van der Waals surface area (Å²) in [4.78, 5) is 15.3. The number of pyridine rings is 1. The molecule has 0 unspecified atom stereocenters. The fourth-order valence-electron chi connectivity index (χ4n) is 1.05. The molecule has 3 nitrogen and oxygen atoms in total. The van der Waals surface area contributed by atoms with Crippen LogP contribution in [0.5, 0.6) is 0 Å². The third-order valence-electron chi connectivity index (χ3n) is 1.64. The van der Waals surface area contributed by atoms with Crippen molar-refractivity contribution in [2.45, 2.75) is 20.3 Å². The first kappa shape index (κ1) is 11.2. The van der Waals surface area contributed by atoms with Gasteiger partial charge in [0.2, 0.25) is 5.91 Å². The zero-order chi connectivity index (χ0) is 10.6. The molecule has 0 saturated carbocycles. The van der Waals surface area contributed by atoms with E-state index < -0.39 is 0 Å². The van der Waals surface area contributed by atoms with Gasteiger partial charge in [-0.05, 0) is 27.9 Å². The van der Waals surface area contributed by atoms with E-state index in [9.17, 15) is 4.79 Å². The van der Waals surface area contributed by atoms with Crippen molar-refractivity contribution in [3.05, 3.63) is 22.9 Å². The number of carbonyl (C=O) groups is 1. The van der Waals surface area contributed by atoms with Gasteiger partial charge in [0.25, 0.3) is 0 Å². The highest BCUT2D eigenvalue weighted by molar-refractivity contribution is 9.10. The van der Waals surface area contributed by atoms with Crippen molar-refractivity contribution in [2.75, 3.05) is 5.32 Å². The Kier molecular flexibility index (Phi) is 4.07. The van der Waals surface area contributed by atoms with Gasteiger partial charge < -0.3 is 5.32 Å². The number of nitrogens with one attached hydrogen (secondary N) is 1. The summed E-state index contributed by atoms with van der Waals surface area (Å²) in [6.45, 7) is 4.03. The van der Waals surface area contributed by atoms with Gasteiger partial charge in [-0.2, -0.15) is 0 Å². The van der Waals surface area contributed by atoms with Crippen molar-refractivity contribution in [1.82, 2.24) is 4.98 Å². The molecule has 0 saturated heterocycles. The van der Waals surface area contributed by atoms with Gasteiger partial charge in [-0.15, -0.1) is 0 Å². The Hall–Kier alpha value is -0.900. The van der Waals surface area contributed by atoms with E-state index in [4.69, 9.17) is 0 Å². The van der Waals surface area contributed by atoms with Gasteiger partial charge in [0.1, 0.15) is 0 Å². The Morgan fingerprint density at radius 1 is 1.64 bits per heavy atom. The summed E-state index contributed by atoms with van der Waals surface area (Å²) in [5, 5.41) is 2.82. The van der Waals surface area contributed by atoms with Crippen LogP contribution in [0.25, 0.3) is 0 Å². The average molecular weight is 257 g/mol. The van der Waals surface area contributed by atoms with E-state index in [0.717, 1.165) is 10.2 Å². The van der Waals surface area contributed by atoms with Crippen LogP contribution in [0.2, 0.25) is 0 Å². The lowest BCUT2D eigenvalue weighted by Gasteiger charge is -2.07. The van der Waals surface area contributed by atoms with Crippen LogP contribution >= 0.6 is 15.9 Å². The van der Waals surface area contributed by atoms with Crippen molar-refractivity contribution in [3.63, 3.8) is 0 Å². The Morgan fingerprint density at radius 2 is 2.36 bits per heavy atom.